The molecule has 0 aliphatic heterocycles. The molecule has 8 nitrogen and oxygen atoms in total. The Morgan fingerprint density at radius 3 is 2.68 bits per heavy atom. The van der Waals surface area contributed by atoms with Crippen LogP contribution in [0, 0.1) is 0 Å². The van der Waals surface area contributed by atoms with Crippen LogP contribution in [0.15, 0.2) is 60.0 Å². The van der Waals surface area contributed by atoms with Crippen LogP contribution in [0.5, 0.6) is 0 Å². The molecular formula is C23H23N5O3S3. The van der Waals surface area contributed by atoms with Gasteiger partial charge in [-0.05, 0) is 67.5 Å². The molecule has 2 aromatic carbocycles. The minimum absolute atomic E-state index is 0.0139. The van der Waals surface area contributed by atoms with Crippen molar-refractivity contribution >= 4 is 71.3 Å². The number of carbonyl (C=O) groups excluding carboxylic acids is 1. The fourth-order valence-corrected chi connectivity index (χ4v) is 6.26. The predicted octanol–water partition coefficient (Wildman–Crippen LogP) is 3.30. The maximum Gasteiger partial charge on any atom is 0.274 e. The zero-order chi connectivity index (χ0) is 24.5. The van der Waals surface area contributed by atoms with E-state index in [0.717, 1.165) is 21.0 Å². The van der Waals surface area contributed by atoms with E-state index in [1.165, 1.54) is 18.4 Å². The van der Waals surface area contributed by atoms with Gasteiger partial charge in [0.1, 0.15) is 5.69 Å². The Morgan fingerprint density at radius 1 is 1.18 bits per heavy atom. The van der Waals surface area contributed by atoms with Gasteiger partial charge >= 0.3 is 0 Å². The molecule has 0 fully saturated rings. The first-order valence-corrected chi connectivity index (χ1v) is 13.2. The quantitative estimate of drug-likeness (QED) is 0.279. The number of aromatic nitrogens is 1. The van der Waals surface area contributed by atoms with E-state index in [4.69, 9.17) is 18.0 Å². The number of pyridine rings is 1. The number of amides is 1. The molecule has 4 aromatic rings. The van der Waals surface area contributed by atoms with E-state index < -0.39 is 15.6 Å². The van der Waals surface area contributed by atoms with E-state index in [1.54, 1.807) is 19.1 Å². The third-order valence-electron chi connectivity index (χ3n) is 5.45. The standard InChI is InChI=1S/C23H23N5O3S3/c1-23(28-22(24)32,13-34(30,31)25-2)17-12-33-20-10-8-15(11-16(17)20)26-21(29)19-9-7-14-5-3-4-6-18(14)27-19/h3-12,25H,13H2,1-2H3,(H,26,29)(H3,24,28,32). The van der Waals surface area contributed by atoms with Gasteiger partial charge in [-0.2, -0.15) is 0 Å². The second kappa shape index (κ2) is 9.26. The number of carbonyl (C=O) groups is 1. The molecule has 0 saturated carbocycles. The summed E-state index contributed by atoms with van der Waals surface area (Å²) in [4.78, 5) is 17.3. The Bertz CT molecular complexity index is 1520. The van der Waals surface area contributed by atoms with Crippen molar-refractivity contribution in [2.75, 3.05) is 18.1 Å². The molecule has 0 saturated heterocycles. The van der Waals surface area contributed by atoms with Crippen LogP contribution in [0.3, 0.4) is 0 Å². The van der Waals surface area contributed by atoms with E-state index in [9.17, 15) is 13.2 Å². The molecule has 4 rings (SSSR count). The molecule has 0 bridgehead atoms. The summed E-state index contributed by atoms with van der Waals surface area (Å²) in [5, 5.41) is 9.42. The lowest BCUT2D eigenvalue weighted by Gasteiger charge is -2.31. The second-order valence-electron chi connectivity index (χ2n) is 7.99. The van der Waals surface area contributed by atoms with Crippen molar-refractivity contribution < 1.29 is 13.2 Å². The summed E-state index contributed by atoms with van der Waals surface area (Å²) in [7, 11) is -2.24. The zero-order valence-electron chi connectivity index (χ0n) is 18.5. The van der Waals surface area contributed by atoms with Gasteiger partial charge in [0.2, 0.25) is 10.0 Å². The normalized spacial score (nSPS) is 13.5. The van der Waals surface area contributed by atoms with Crippen LogP contribution in [0.1, 0.15) is 23.0 Å². The number of nitrogens with two attached hydrogens (primary N) is 1. The molecule has 0 aliphatic carbocycles. The number of rotatable bonds is 7. The SMILES string of the molecule is CNS(=O)(=O)CC(C)(NC(N)=S)c1csc2ccc(NC(=O)c3ccc4ccccc4n3)cc12. The number of hydrogen-bond donors (Lipinski definition) is 4. The van der Waals surface area contributed by atoms with Crippen LogP contribution in [-0.2, 0) is 15.6 Å². The van der Waals surface area contributed by atoms with Gasteiger partial charge in [-0.25, -0.2) is 18.1 Å². The third-order valence-corrected chi connectivity index (χ3v) is 8.09. The lowest BCUT2D eigenvalue weighted by molar-refractivity contribution is 0.102. The number of sulfonamides is 1. The minimum Gasteiger partial charge on any atom is -0.376 e. The molecule has 2 aromatic heterocycles. The number of benzene rings is 2. The van der Waals surface area contributed by atoms with Gasteiger partial charge in [0.25, 0.3) is 5.91 Å². The number of hydrogen-bond acceptors (Lipinski definition) is 6. The number of nitrogens with zero attached hydrogens (tertiary/aromatic N) is 1. The number of nitrogens with one attached hydrogen (secondary N) is 3. The fourth-order valence-electron chi connectivity index (χ4n) is 3.83. The van der Waals surface area contributed by atoms with Crippen molar-refractivity contribution in [3.63, 3.8) is 0 Å². The Morgan fingerprint density at radius 2 is 1.94 bits per heavy atom. The summed E-state index contributed by atoms with van der Waals surface area (Å²) < 4.78 is 28.1. The van der Waals surface area contributed by atoms with Crippen molar-refractivity contribution in [2.45, 2.75) is 12.5 Å². The van der Waals surface area contributed by atoms with Crippen molar-refractivity contribution in [1.82, 2.24) is 15.0 Å². The van der Waals surface area contributed by atoms with E-state index in [0.29, 0.717) is 16.9 Å². The molecule has 176 valence electrons. The lowest BCUT2D eigenvalue weighted by atomic mass is 9.93. The Balaban J connectivity index is 1.69. The van der Waals surface area contributed by atoms with Gasteiger partial charge in [0.15, 0.2) is 5.11 Å². The number of thiocarbonyl (C=S) groups is 1. The lowest BCUT2D eigenvalue weighted by Crippen LogP contribution is -2.51. The topological polar surface area (TPSA) is 126 Å². The molecular weight excluding hydrogens is 490 g/mol. The maximum absolute atomic E-state index is 12.9. The van der Waals surface area contributed by atoms with Crippen LogP contribution in [0.25, 0.3) is 21.0 Å². The van der Waals surface area contributed by atoms with Crippen LogP contribution in [-0.4, -0.2) is 37.2 Å². The molecule has 34 heavy (non-hydrogen) atoms. The summed E-state index contributed by atoms with van der Waals surface area (Å²) >= 11 is 6.49. The molecule has 0 radical (unpaired) electrons. The number of anilines is 1. The highest BCUT2D eigenvalue weighted by molar-refractivity contribution is 7.89. The number of fused-ring (bicyclic) bond motifs is 2. The van der Waals surface area contributed by atoms with Crippen molar-refractivity contribution in [1.29, 1.82) is 0 Å². The molecule has 2 heterocycles. The summed E-state index contributed by atoms with van der Waals surface area (Å²) in [6.07, 6.45) is 0. The van der Waals surface area contributed by atoms with Crippen LogP contribution >= 0.6 is 23.6 Å². The summed E-state index contributed by atoms with van der Waals surface area (Å²) in [6.45, 7) is 1.73. The van der Waals surface area contributed by atoms with Crippen molar-refractivity contribution in [3.8, 4) is 0 Å². The van der Waals surface area contributed by atoms with Gasteiger partial charge in [-0.1, -0.05) is 24.3 Å². The second-order valence-corrected chi connectivity index (χ2v) is 11.3. The van der Waals surface area contributed by atoms with Crippen LogP contribution in [0.4, 0.5) is 5.69 Å². The molecule has 0 spiro atoms. The van der Waals surface area contributed by atoms with Gasteiger partial charge < -0.3 is 16.4 Å². The first-order chi connectivity index (χ1) is 16.1. The van der Waals surface area contributed by atoms with Gasteiger partial charge in [-0.3, -0.25) is 4.79 Å². The van der Waals surface area contributed by atoms with Gasteiger partial charge in [0.05, 0.1) is 16.8 Å². The zero-order valence-corrected chi connectivity index (χ0v) is 20.9. The molecule has 11 heteroatoms. The first kappa shape index (κ1) is 24.0. The van der Waals surface area contributed by atoms with Crippen LogP contribution in [0.2, 0.25) is 0 Å². The average Bonchev–Trinajstić information content (AvgIpc) is 3.22. The third kappa shape index (κ3) is 5.02. The van der Waals surface area contributed by atoms with Gasteiger partial charge in [-0.15, -0.1) is 11.3 Å². The van der Waals surface area contributed by atoms with E-state index >= 15 is 0 Å². The van der Waals surface area contributed by atoms with Gasteiger partial charge in [0, 0.05) is 21.2 Å². The highest BCUT2D eigenvalue weighted by Crippen LogP contribution is 2.36. The molecule has 1 atom stereocenters. The van der Waals surface area contributed by atoms with E-state index in [1.807, 2.05) is 47.8 Å². The largest absolute Gasteiger partial charge is 0.376 e. The smallest absolute Gasteiger partial charge is 0.274 e. The van der Waals surface area contributed by atoms with E-state index in [-0.39, 0.29) is 16.8 Å². The summed E-state index contributed by atoms with van der Waals surface area (Å²) in [5.74, 6) is -0.624. The first-order valence-electron chi connectivity index (χ1n) is 10.3. The Labute approximate surface area is 206 Å². The average molecular weight is 514 g/mol. The highest BCUT2D eigenvalue weighted by atomic mass is 32.2. The molecule has 0 aliphatic rings. The molecule has 5 N–H and O–H groups in total. The Hall–Kier alpha value is -3.12. The molecule has 1 unspecified atom stereocenters. The fraction of sp³-hybridized carbons (Fsp3) is 0.174. The van der Waals surface area contributed by atoms with E-state index in [2.05, 4.69) is 20.3 Å². The monoisotopic (exact) mass is 513 g/mol. The number of para-hydroxylation sites is 1. The summed E-state index contributed by atoms with van der Waals surface area (Å²) in [5.41, 5.74) is 6.94. The highest BCUT2D eigenvalue weighted by Gasteiger charge is 2.35. The minimum atomic E-state index is -3.60. The Kier molecular flexibility index (Phi) is 6.54. The molecule has 1 amide bonds. The van der Waals surface area contributed by atoms with Crippen LogP contribution < -0.4 is 21.1 Å². The maximum atomic E-state index is 12.9. The summed E-state index contributed by atoms with van der Waals surface area (Å²) in [6, 6.07) is 16.6. The number of thiophene rings is 1. The predicted molar refractivity (Wildman–Crippen MR) is 142 cm³/mol. The van der Waals surface area contributed by atoms with Crippen molar-refractivity contribution in [3.05, 3.63) is 71.2 Å². The van der Waals surface area contributed by atoms with Crippen molar-refractivity contribution in [2.24, 2.45) is 5.73 Å².